The van der Waals surface area contributed by atoms with E-state index in [9.17, 15) is 9.59 Å². The monoisotopic (exact) mass is 354 g/mol. The van der Waals surface area contributed by atoms with Crippen molar-refractivity contribution >= 4 is 22.7 Å². The highest BCUT2D eigenvalue weighted by Gasteiger charge is 2.25. The Labute approximate surface area is 151 Å². The number of carbonyl (C=O) groups is 2. The van der Waals surface area contributed by atoms with Crippen molar-refractivity contribution in [1.82, 2.24) is 20.4 Å². The Morgan fingerprint density at radius 2 is 2.12 bits per heavy atom. The predicted molar refractivity (Wildman–Crippen MR) is 97.3 cm³/mol. The van der Waals surface area contributed by atoms with Crippen molar-refractivity contribution in [2.75, 3.05) is 7.05 Å². The first-order chi connectivity index (χ1) is 12.4. The number of aromatic nitrogens is 2. The van der Waals surface area contributed by atoms with E-state index >= 15 is 0 Å². The summed E-state index contributed by atoms with van der Waals surface area (Å²) in [5.41, 5.74) is 2.66. The molecular formula is C19H22N4O3. The Morgan fingerprint density at radius 1 is 1.35 bits per heavy atom. The van der Waals surface area contributed by atoms with Crippen molar-refractivity contribution in [3.63, 3.8) is 0 Å². The second-order valence-corrected chi connectivity index (χ2v) is 6.44. The lowest BCUT2D eigenvalue weighted by molar-refractivity contribution is -0.135. The van der Waals surface area contributed by atoms with Crippen molar-refractivity contribution in [2.24, 2.45) is 0 Å². The Morgan fingerprint density at radius 3 is 2.81 bits per heavy atom. The van der Waals surface area contributed by atoms with Crippen molar-refractivity contribution in [3.05, 3.63) is 53.5 Å². The molecule has 136 valence electrons. The lowest BCUT2D eigenvalue weighted by Gasteiger charge is -2.23. The van der Waals surface area contributed by atoms with Crippen molar-refractivity contribution in [2.45, 2.75) is 32.9 Å². The van der Waals surface area contributed by atoms with Crippen molar-refractivity contribution in [1.29, 1.82) is 0 Å². The van der Waals surface area contributed by atoms with Crippen LogP contribution in [0.15, 0.2) is 41.1 Å². The number of hydrogen-bond donors (Lipinski definition) is 2. The minimum atomic E-state index is -0.648. The van der Waals surface area contributed by atoms with Crippen LogP contribution in [0, 0.1) is 6.92 Å². The third-order valence-electron chi connectivity index (χ3n) is 4.23. The van der Waals surface area contributed by atoms with E-state index in [2.05, 4.69) is 15.5 Å². The summed E-state index contributed by atoms with van der Waals surface area (Å²) >= 11 is 0. The van der Waals surface area contributed by atoms with Crippen LogP contribution in [0.2, 0.25) is 0 Å². The third-order valence-corrected chi connectivity index (χ3v) is 4.23. The maximum Gasteiger partial charge on any atom is 0.245 e. The minimum Gasteiger partial charge on any atom is -0.361 e. The number of likely N-dealkylation sites (N-methyl/N-ethyl adjacent to an activating group) is 1. The lowest BCUT2D eigenvalue weighted by atomic mass is 10.0. The molecule has 2 aromatic heterocycles. The zero-order valence-corrected chi connectivity index (χ0v) is 15.1. The first-order valence-electron chi connectivity index (χ1n) is 8.43. The van der Waals surface area contributed by atoms with Crippen LogP contribution < -0.4 is 5.32 Å². The van der Waals surface area contributed by atoms with Crippen molar-refractivity contribution in [3.8, 4) is 0 Å². The fourth-order valence-electron chi connectivity index (χ4n) is 3.05. The average molecular weight is 354 g/mol. The highest BCUT2D eigenvalue weighted by molar-refractivity contribution is 5.89. The maximum absolute atomic E-state index is 12.9. The van der Waals surface area contributed by atoms with Gasteiger partial charge in [-0.3, -0.25) is 9.59 Å². The van der Waals surface area contributed by atoms with Crippen LogP contribution in [-0.2, 0) is 22.6 Å². The summed E-state index contributed by atoms with van der Waals surface area (Å²) in [6.07, 6.45) is 2.29. The van der Waals surface area contributed by atoms with Gasteiger partial charge in [0.15, 0.2) is 0 Å². The van der Waals surface area contributed by atoms with Crippen LogP contribution in [0.4, 0.5) is 0 Å². The van der Waals surface area contributed by atoms with E-state index in [0.29, 0.717) is 24.4 Å². The minimum absolute atomic E-state index is 0.175. The quantitative estimate of drug-likeness (QED) is 0.710. The number of rotatable bonds is 6. The van der Waals surface area contributed by atoms with Gasteiger partial charge in [0.25, 0.3) is 0 Å². The van der Waals surface area contributed by atoms with E-state index in [1.165, 1.54) is 6.92 Å². The van der Waals surface area contributed by atoms with Gasteiger partial charge in [0.1, 0.15) is 17.5 Å². The van der Waals surface area contributed by atoms with Gasteiger partial charge in [0, 0.05) is 43.6 Å². The molecule has 0 bridgehead atoms. The van der Waals surface area contributed by atoms with E-state index in [0.717, 1.165) is 16.5 Å². The summed E-state index contributed by atoms with van der Waals surface area (Å²) in [4.78, 5) is 29.3. The molecule has 7 nitrogen and oxygen atoms in total. The molecule has 0 spiro atoms. The molecule has 3 aromatic rings. The van der Waals surface area contributed by atoms with Crippen LogP contribution in [0.3, 0.4) is 0 Å². The van der Waals surface area contributed by atoms with Crippen LogP contribution in [0.25, 0.3) is 10.9 Å². The molecule has 7 heteroatoms. The molecule has 1 atom stereocenters. The first kappa shape index (κ1) is 17.7. The standard InChI is InChI=1S/C19H22N4O3/c1-12-8-15(22-26-12)11-23(3)19(25)18(21-13(2)24)9-14-10-20-17-7-5-4-6-16(14)17/h4-8,10,18,20H,9,11H2,1-3H3,(H,21,24)/t18-/m0/s1. The number of aromatic amines is 1. The van der Waals surface area contributed by atoms with Gasteiger partial charge in [-0.2, -0.15) is 0 Å². The van der Waals surface area contributed by atoms with Crippen molar-refractivity contribution < 1.29 is 14.1 Å². The Kier molecular flexibility index (Phi) is 5.06. The Bertz CT molecular complexity index is 928. The van der Waals surface area contributed by atoms with E-state index in [1.807, 2.05) is 30.5 Å². The van der Waals surface area contributed by atoms with E-state index in [-0.39, 0.29) is 11.8 Å². The zero-order valence-electron chi connectivity index (χ0n) is 15.1. The summed E-state index contributed by atoms with van der Waals surface area (Å²) < 4.78 is 5.04. The second kappa shape index (κ2) is 7.43. The molecule has 0 aliphatic rings. The van der Waals surface area contributed by atoms with Crippen LogP contribution in [-0.4, -0.2) is 39.9 Å². The lowest BCUT2D eigenvalue weighted by Crippen LogP contribution is -2.47. The summed E-state index contributed by atoms with van der Waals surface area (Å²) in [5, 5.41) is 7.73. The van der Waals surface area contributed by atoms with Gasteiger partial charge in [-0.15, -0.1) is 0 Å². The number of hydrogen-bond acceptors (Lipinski definition) is 4. The SMILES string of the molecule is CC(=O)N[C@@H](Cc1c[nH]c2ccccc12)C(=O)N(C)Cc1cc(C)on1. The number of fused-ring (bicyclic) bond motifs is 1. The van der Waals surface area contributed by atoms with E-state index in [4.69, 9.17) is 4.52 Å². The van der Waals surface area contributed by atoms with Gasteiger partial charge in [-0.25, -0.2) is 0 Å². The molecule has 2 heterocycles. The number of para-hydroxylation sites is 1. The number of aryl methyl sites for hydroxylation is 1. The fraction of sp³-hybridized carbons (Fsp3) is 0.316. The van der Waals surface area contributed by atoms with Crippen LogP contribution >= 0.6 is 0 Å². The molecule has 0 saturated heterocycles. The van der Waals surface area contributed by atoms with Gasteiger partial charge in [0.05, 0.1) is 6.54 Å². The number of amides is 2. The van der Waals surface area contributed by atoms with E-state index in [1.54, 1.807) is 24.9 Å². The number of benzene rings is 1. The summed E-state index contributed by atoms with van der Waals surface area (Å²) in [6, 6.07) is 9.02. The third kappa shape index (κ3) is 3.93. The van der Waals surface area contributed by atoms with Gasteiger partial charge >= 0.3 is 0 Å². The maximum atomic E-state index is 12.9. The van der Waals surface area contributed by atoms with Gasteiger partial charge in [-0.1, -0.05) is 23.4 Å². The molecule has 26 heavy (non-hydrogen) atoms. The molecule has 0 unspecified atom stereocenters. The smallest absolute Gasteiger partial charge is 0.245 e. The molecule has 3 rings (SSSR count). The highest BCUT2D eigenvalue weighted by atomic mass is 16.5. The molecule has 0 fully saturated rings. The van der Waals surface area contributed by atoms with E-state index < -0.39 is 6.04 Å². The van der Waals surface area contributed by atoms with Gasteiger partial charge in [-0.05, 0) is 18.6 Å². The number of nitrogens with zero attached hydrogens (tertiary/aromatic N) is 2. The topological polar surface area (TPSA) is 91.2 Å². The molecular weight excluding hydrogens is 332 g/mol. The molecule has 1 aromatic carbocycles. The summed E-state index contributed by atoms with van der Waals surface area (Å²) in [7, 11) is 1.69. The Hall–Kier alpha value is -3.09. The first-order valence-corrected chi connectivity index (χ1v) is 8.43. The average Bonchev–Trinajstić information content (AvgIpc) is 3.19. The fourth-order valence-corrected chi connectivity index (χ4v) is 3.05. The largest absolute Gasteiger partial charge is 0.361 e. The van der Waals surface area contributed by atoms with Crippen LogP contribution in [0.5, 0.6) is 0 Å². The number of H-pyrrole nitrogens is 1. The molecule has 0 radical (unpaired) electrons. The molecule has 2 amide bonds. The molecule has 2 N–H and O–H groups in total. The number of nitrogens with one attached hydrogen (secondary N) is 2. The summed E-state index contributed by atoms with van der Waals surface area (Å²) in [5.74, 6) is 0.276. The predicted octanol–water partition coefficient (Wildman–Crippen LogP) is 2.17. The van der Waals surface area contributed by atoms with Crippen LogP contribution in [0.1, 0.15) is 23.9 Å². The number of carbonyl (C=O) groups excluding carboxylic acids is 2. The second-order valence-electron chi connectivity index (χ2n) is 6.44. The zero-order chi connectivity index (χ0) is 18.7. The summed E-state index contributed by atoms with van der Waals surface area (Å²) in [6.45, 7) is 3.53. The van der Waals surface area contributed by atoms with Gasteiger partial charge < -0.3 is 19.7 Å². The Balaban J connectivity index is 1.78. The molecule has 0 aliphatic carbocycles. The molecule has 0 saturated carbocycles. The highest BCUT2D eigenvalue weighted by Crippen LogP contribution is 2.19. The molecule has 0 aliphatic heterocycles. The van der Waals surface area contributed by atoms with Gasteiger partial charge in [0.2, 0.25) is 11.8 Å². The normalized spacial score (nSPS) is 12.1.